The summed E-state index contributed by atoms with van der Waals surface area (Å²) in [6, 6.07) is 17.2. The van der Waals surface area contributed by atoms with Crippen LogP contribution in [-0.4, -0.2) is 15.5 Å². The van der Waals surface area contributed by atoms with Crippen LogP contribution in [0.15, 0.2) is 65.6 Å². The number of carbonyl (C=O) groups excluding carboxylic acids is 1. The van der Waals surface area contributed by atoms with Gasteiger partial charge in [0.05, 0.1) is 6.54 Å². The van der Waals surface area contributed by atoms with E-state index in [0.29, 0.717) is 12.2 Å². The standard InChI is InChI=1S/C19H19N3O2/c1-2-15-10-6-7-11-16(15)21-18(23)17-12-20-19(24)22(17)13-14-8-4-3-5-9-14/h3-12H,2,13H2,1H3,(H,20,24)(H,21,23). The smallest absolute Gasteiger partial charge is 0.320 e. The summed E-state index contributed by atoms with van der Waals surface area (Å²) in [5.41, 5.74) is 2.80. The Labute approximate surface area is 140 Å². The van der Waals surface area contributed by atoms with Crippen molar-refractivity contribution >= 4 is 11.6 Å². The van der Waals surface area contributed by atoms with Crippen molar-refractivity contribution in [2.45, 2.75) is 19.9 Å². The molecule has 3 rings (SSSR count). The fraction of sp³-hybridized carbons (Fsp3) is 0.158. The fourth-order valence-corrected chi connectivity index (χ4v) is 2.64. The van der Waals surface area contributed by atoms with Crippen LogP contribution in [0.5, 0.6) is 0 Å². The molecule has 5 nitrogen and oxygen atoms in total. The predicted molar refractivity (Wildman–Crippen MR) is 94.4 cm³/mol. The maximum Gasteiger partial charge on any atom is 0.326 e. The molecule has 0 fully saturated rings. The Bertz CT molecular complexity index is 894. The van der Waals surface area contributed by atoms with Crippen LogP contribution in [0.25, 0.3) is 0 Å². The number of aromatic nitrogens is 2. The Balaban J connectivity index is 1.87. The zero-order chi connectivity index (χ0) is 16.9. The first-order valence-electron chi connectivity index (χ1n) is 7.90. The molecule has 5 heteroatoms. The predicted octanol–water partition coefficient (Wildman–Crippen LogP) is 3.04. The average Bonchev–Trinajstić information content (AvgIpc) is 2.97. The largest absolute Gasteiger partial charge is 0.326 e. The topological polar surface area (TPSA) is 66.9 Å². The lowest BCUT2D eigenvalue weighted by Gasteiger charge is -2.11. The second-order valence-electron chi connectivity index (χ2n) is 5.52. The van der Waals surface area contributed by atoms with E-state index in [-0.39, 0.29) is 11.6 Å². The lowest BCUT2D eigenvalue weighted by molar-refractivity contribution is 0.101. The van der Waals surface area contributed by atoms with E-state index >= 15 is 0 Å². The third-order valence-corrected chi connectivity index (χ3v) is 3.93. The molecule has 24 heavy (non-hydrogen) atoms. The number of H-pyrrole nitrogens is 1. The number of anilines is 1. The van der Waals surface area contributed by atoms with E-state index in [0.717, 1.165) is 23.2 Å². The average molecular weight is 321 g/mol. The number of nitrogens with zero attached hydrogens (tertiary/aromatic N) is 1. The van der Waals surface area contributed by atoms with Crippen LogP contribution < -0.4 is 11.0 Å². The van der Waals surface area contributed by atoms with E-state index in [1.54, 1.807) is 0 Å². The van der Waals surface area contributed by atoms with Crippen LogP contribution in [0.2, 0.25) is 0 Å². The van der Waals surface area contributed by atoms with E-state index in [1.165, 1.54) is 10.8 Å². The second-order valence-corrected chi connectivity index (χ2v) is 5.52. The first-order chi connectivity index (χ1) is 11.7. The Kier molecular flexibility index (Phi) is 4.61. The van der Waals surface area contributed by atoms with Gasteiger partial charge in [-0.2, -0.15) is 0 Å². The monoisotopic (exact) mass is 321 g/mol. The van der Waals surface area contributed by atoms with Crippen LogP contribution in [0, 0.1) is 0 Å². The van der Waals surface area contributed by atoms with Gasteiger partial charge in [-0.15, -0.1) is 0 Å². The van der Waals surface area contributed by atoms with E-state index in [1.807, 2.05) is 61.5 Å². The highest BCUT2D eigenvalue weighted by atomic mass is 16.2. The van der Waals surface area contributed by atoms with Gasteiger partial charge in [0.2, 0.25) is 0 Å². The summed E-state index contributed by atoms with van der Waals surface area (Å²) in [4.78, 5) is 27.3. The number of aryl methyl sites for hydroxylation is 1. The zero-order valence-corrected chi connectivity index (χ0v) is 13.5. The third-order valence-electron chi connectivity index (χ3n) is 3.93. The maximum atomic E-state index is 12.6. The first kappa shape index (κ1) is 15.8. The number of hydrogen-bond donors (Lipinski definition) is 2. The number of aromatic amines is 1. The Morgan fingerprint density at radius 1 is 1.08 bits per heavy atom. The molecule has 0 saturated heterocycles. The van der Waals surface area contributed by atoms with Gasteiger partial charge in [-0.25, -0.2) is 4.79 Å². The first-order valence-corrected chi connectivity index (χ1v) is 7.90. The summed E-state index contributed by atoms with van der Waals surface area (Å²) in [6.45, 7) is 2.38. The molecule has 0 spiro atoms. The van der Waals surface area contributed by atoms with Gasteiger partial charge in [0.15, 0.2) is 0 Å². The Hall–Kier alpha value is -3.08. The molecule has 0 bridgehead atoms. The van der Waals surface area contributed by atoms with E-state index < -0.39 is 0 Å². The minimum Gasteiger partial charge on any atom is -0.320 e. The van der Waals surface area contributed by atoms with Crippen LogP contribution in [0.1, 0.15) is 28.5 Å². The summed E-state index contributed by atoms with van der Waals surface area (Å²) >= 11 is 0. The number of amides is 1. The minimum absolute atomic E-state index is 0.298. The summed E-state index contributed by atoms with van der Waals surface area (Å²) in [7, 11) is 0. The second kappa shape index (κ2) is 7.00. The number of hydrogen-bond acceptors (Lipinski definition) is 2. The van der Waals surface area contributed by atoms with Crippen molar-refractivity contribution in [1.29, 1.82) is 0 Å². The van der Waals surface area contributed by atoms with Crippen molar-refractivity contribution in [1.82, 2.24) is 9.55 Å². The quantitative estimate of drug-likeness (QED) is 0.758. The van der Waals surface area contributed by atoms with Crippen molar-refractivity contribution < 1.29 is 4.79 Å². The van der Waals surface area contributed by atoms with Gasteiger partial charge < -0.3 is 10.3 Å². The van der Waals surface area contributed by atoms with Crippen molar-refractivity contribution in [3.63, 3.8) is 0 Å². The van der Waals surface area contributed by atoms with Crippen LogP contribution in [-0.2, 0) is 13.0 Å². The molecule has 0 aliphatic carbocycles. The maximum absolute atomic E-state index is 12.6. The molecular weight excluding hydrogens is 302 g/mol. The summed E-state index contributed by atoms with van der Waals surface area (Å²) < 4.78 is 1.44. The molecule has 0 unspecified atom stereocenters. The SMILES string of the molecule is CCc1ccccc1NC(=O)c1c[nH]c(=O)n1Cc1ccccc1. The minimum atomic E-state index is -0.301. The molecule has 2 N–H and O–H groups in total. The van der Waals surface area contributed by atoms with E-state index in [2.05, 4.69) is 10.3 Å². The molecule has 1 heterocycles. The number of imidazole rings is 1. The number of para-hydroxylation sites is 1. The molecule has 2 aromatic carbocycles. The molecule has 1 aromatic heterocycles. The van der Waals surface area contributed by atoms with Gasteiger partial charge in [0.1, 0.15) is 5.69 Å². The fourth-order valence-electron chi connectivity index (χ4n) is 2.64. The number of benzene rings is 2. The molecule has 1 amide bonds. The number of rotatable bonds is 5. The lowest BCUT2D eigenvalue weighted by Crippen LogP contribution is -2.24. The number of carbonyl (C=O) groups is 1. The highest BCUT2D eigenvalue weighted by molar-refractivity contribution is 6.03. The highest BCUT2D eigenvalue weighted by Gasteiger charge is 2.15. The molecular formula is C19H19N3O2. The molecule has 122 valence electrons. The van der Waals surface area contributed by atoms with Crippen LogP contribution >= 0.6 is 0 Å². The van der Waals surface area contributed by atoms with E-state index in [9.17, 15) is 9.59 Å². The lowest BCUT2D eigenvalue weighted by atomic mass is 10.1. The van der Waals surface area contributed by atoms with Gasteiger partial charge >= 0.3 is 5.69 Å². The van der Waals surface area contributed by atoms with Crippen LogP contribution in [0.4, 0.5) is 5.69 Å². The van der Waals surface area contributed by atoms with Crippen molar-refractivity contribution in [2.75, 3.05) is 5.32 Å². The van der Waals surface area contributed by atoms with Crippen molar-refractivity contribution in [3.8, 4) is 0 Å². The third kappa shape index (κ3) is 3.30. The summed E-state index contributed by atoms with van der Waals surface area (Å²) in [6.07, 6.45) is 2.27. The zero-order valence-electron chi connectivity index (χ0n) is 13.5. The summed E-state index contributed by atoms with van der Waals surface area (Å²) in [5.74, 6) is -0.301. The van der Waals surface area contributed by atoms with Crippen LogP contribution in [0.3, 0.4) is 0 Å². The van der Waals surface area contributed by atoms with Gasteiger partial charge in [-0.1, -0.05) is 55.5 Å². The molecule has 0 atom stereocenters. The molecule has 3 aromatic rings. The van der Waals surface area contributed by atoms with Gasteiger partial charge in [-0.05, 0) is 23.6 Å². The van der Waals surface area contributed by atoms with E-state index in [4.69, 9.17) is 0 Å². The number of nitrogens with one attached hydrogen (secondary N) is 2. The molecule has 0 aliphatic rings. The van der Waals surface area contributed by atoms with Crippen molar-refractivity contribution in [3.05, 3.63) is 88.1 Å². The van der Waals surface area contributed by atoms with Crippen molar-refractivity contribution in [2.24, 2.45) is 0 Å². The molecule has 0 radical (unpaired) electrons. The van der Waals surface area contributed by atoms with Gasteiger partial charge in [-0.3, -0.25) is 9.36 Å². The Morgan fingerprint density at radius 3 is 2.54 bits per heavy atom. The molecule has 0 saturated carbocycles. The highest BCUT2D eigenvalue weighted by Crippen LogP contribution is 2.16. The molecule has 0 aliphatic heterocycles. The normalized spacial score (nSPS) is 10.5. The Morgan fingerprint density at radius 2 is 1.79 bits per heavy atom. The summed E-state index contributed by atoms with van der Waals surface area (Å²) in [5, 5.41) is 2.90. The van der Waals surface area contributed by atoms with Gasteiger partial charge in [0.25, 0.3) is 5.91 Å². The van der Waals surface area contributed by atoms with Gasteiger partial charge in [0, 0.05) is 11.9 Å².